The Kier molecular flexibility index (Phi) is 6.97. The highest BCUT2D eigenvalue weighted by Crippen LogP contribution is 2.32. The van der Waals surface area contributed by atoms with E-state index in [4.69, 9.17) is 32.4 Å². The van der Waals surface area contributed by atoms with Crippen LogP contribution in [0.25, 0.3) is 17.0 Å². The second-order valence-electron chi connectivity index (χ2n) is 7.06. The first-order valence-electron chi connectivity index (χ1n) is 9.95. The molecule has 1 aliphatic heterocycles. The van der Waals surface area contributed by atoms with Crippen molar-refractivity contribution < 1.29 is 23.5 Å². The van der Waals surface area contributed by atoms with Crippen LogP contribution >= 0.6 is 35.0 Å². The lowest BCUT2D eigenvalue weighted by Crippen LogP contribution is -2.36. The zero-order valence-electron chi connectivity index (χ0n) is 17.6. The topological polar surface area (TPSA) is 106 Å². The monoisotopic (exact) mass is 518 g/mol. The van der Waals surface area contributed by atoms with Crippen molar-refractivity contribution >= 4 is 74.7 Å². The molecule has 2 aromatic carbocycles. The molecular formula is C23H16Cl2N2O6S. The van der Waals surface area contributed by atoms with Crippen LogP contribution in [-0.2, 0) is 9.59 Å². The Morgan fingerprint density at radius 2 is 1.91 bits per heavy atom. The van der Waals surface area contributed by atoms with Gasteiger partial charge in [0, 0.05) is 10.7 Å². The molecule has 1 N–H and O–H groups in total. The van der Waals surface area contributed by atoms with E-state index in [0.717, 1.165) is 11.2 Å². The average molecular weight is 519 g/mol. The number of thioether (sulfide) groups is 1. The lowest BCUT2D eigenvalue weighted by atomic mass is 10.1. The van der Waals surface area contributed by atoms with Crippen molar-refractivity contribution in [2.45, 2.75) is 6.92 Å². The highest BCUT2D eigenvalue weighted by Gasteiger charge is 2.36. The van der Waals surface area contributed by atoms with E-state index < -0.39 is 29.0 Å². The van der Waals surface area contributed by atoms with Gasteiger partial charge in [0.2, 0.25) is 5.91 Å². The number of carbonyl (C=O) groups excluding carboxylic acids is 3. The fraction of sp³-hybridized carbons (Fsp3) is 0.130. The van der Waals surface area contributed by atoms with Crippen LogP contribution in [0, 0.1) is 0 Å². The van der Waals surface area contributed by atoms with Crippen LogP contribution < -0.4 is 15.5 Å². The Morgan fingerprint density at radius 3 is 2.62 bits per heavy atom. The lowest BCUT2D eigenvalue weighted by Gasteiger charge is -2.12. The molecule has 0 spiro atoms. The van der Waals surface area contributed by atoms with Crippen LogP contribution in [0.15, 0.2) is 56.8 Å². The highest BCUT2D eigenvalue weighted by atomic mass is 35.5. The van der Waals surface area contributed by atoms with Gasteiger partial charge in [-0.1, -0.05) is 23.2 Å². The van der Waals surface area contributed by atoms with Gasteiger partial charge in [0.25, 0.3) is 11.1 Å². The summed E-state index contributed by atoms with van der Waals surface area (Å²) in [5.41, 5.74) is 0.218. The first kappa shape index (κ1) is 23.9. The van der Waals surface area contributed by atoms with Crippen molar-refractivity contribution in [2.75, 3.05) is 18.5 Å². The number of halogens is 2. The number of rotatable bonds is 6. The first-order valence-corrected chi connectivity index (χ1v) is 11.5. The molecule has 1 fully saturated rings. The molecule has 3 aromatic rings. The maximum absolute atomic E-state index is 12.8. The number of hydrogen-bond donors (Lipinski definition) is 1. The smallest absolute Gasteiger partial charge is 0.294 e. The predicted molar refractivity (Wildman–Crippen MR) is 131 cm³/mol. The molecule has 0 aliphatic carbocycles. The van der Waals surface area contributed by atoms with Gasteiger partial charge in [-0.25, -0.2) is 0 Å². The summed E-state index contributed by atoms with van der Waals surface area (Å²) >= 11 is 12.7. The predicted octanol–water partition coefficient (Wildman–Crippen LogP) is 5.17. The second kappa shape index (κ2) is 9.92. The van der Waals surface area contributed by atoms with E-state index in [1.54, 1.807) is 24.3 Å². The molecule has 0 bridgehead atoms. The third-order valence-electron chi connectivity index (χ3n) is 4.73. The molecule has 4 rings (SSSR count). The number of fused-ring (bicyclic) bond motifs is 1. The Balaban J connectivity index is 1.51. The van der Waals surface area contributed by atoms with E-state index >= 15 is 0 Å². The Bertz CT molecular complexity index is 1400. The zero-order chi connectivity index (χ0) is 24.4. The third kappa shape index (κ3) is 4.96. The van der Waals surface area contributed by atoms with Crippen LogP contribution in [0.3, 0.4) is 0 Å². The largest absolute Gasteiger partial charge is 0.494 e. The molecule has 0 radical (unpaired) electrons. The van der Waals surface area contributed by atoms with Gasteiger partial charge in [0.1, 0.15) is 18.6 Å². The highest BCUT2D eigenvalue weighted by molar-refractivity contribution is 8.18. The van der Waals surface area contributed by atoms with Gasteiger partial charge in [-0.05, 0) is 61.2 Å². The normalized spacial score (nSPS) is 14.8. The number of amides is 3. The quantitative estimate of drug-likeness (QED) is 0.448. The number of nitrogens with zero attached hydrogens (tertiary/aromatic N) is 1. The second-order valence-corrected chi connectivity index (χ2v) is 8.89. The van der Waals surface area contributed by atoms with Crippen molar-refractivity contribution in [1.29, 1.82) is 0 Å². The maximum Gasteiger partial charge on any atom is 0.294 e. The number of imide groups is 1. The number of hydrogen-bond acceptors (Lipinski definition) is 7. The summed E-state index contributed by atoms with van der Waals surface area (Å²) in [6, 6.07) is 9.53. The molecule has 2 heterocycles. The number of carbonyl (C=O) groups is 3. The van der Waals surface area contributed by atoms with Crippen molar-refractivity contribution in [3.8, 4) is 5.75 Å². The fourth-order valence-electron chi connectivity index (χ4n) is 3.20. The van der Waals surface area contributed by atoms with Crippen LogP contribution in [0.4, 0.5) is 10.5 Å². The van der Waals surface area contributed by atoms with Gasteiger partial charge in [-0.3, -0.25) is 24.1 Å². The molecule has 174 valence electrons. The molecule has 34 heavy (non-hydrogen) atoms. The van der Waals surface area contributed by atoms with Crippen molar-refractivity contribution in [3.63, 3.8) is 0 Å². The molecule has 3 amide bonds. The summed E-state index contributed by atoms with van der Waals surface area (Å²) in [5, 5.41) is 2.56. The Morgan fingerprint density at radius 1 is 1.18 bits per heavy atom. The molecule has 0 atom stereocenters. The van der Waals surface area contributed by atoms with Crippen molar-refractivity contribution in [2.24, 2.45) is 0 Å². The molecule has 1 saturated heterocycles. The van der Waals surface area contributed by atoms with Gasteiger partial charge in [-0.15, -0.1) is 0 Å². The van der Waals surface area contributed by atoms with Crippen molar-refractivity contribution in [1.82, 2.24) is 4.90 Å². The van der Waals surface area contributed by atoms with Crippen LogP contribution in [-0.4, -0.2) is 35.1 Å². The summed E-state index contributed by atoms with van der Waals surface area (Å²) in [6.07, 6.45) is 2.40. The standard InChI is InChI=1S/C23H16Cl2N2O6S/c1-2-32-15-5-3-14(4-6-15)26-19(28)10-27-22(30)18(34-23(27)31)7-12-11-33-21-16(20(12)29)8-13(24)9-17(21)25/h3-9,11H,2,10H2,1H3,(H,26,28)/b18-7-. The molecule has 1 aliphatic rings. The molecule has 0 saturated carbocycles. The minimum Gasteiger partial charge on any atom is -0.494 e. The summed E-state index contributed by atoms with van der Waals surface area (Å²) in [6.45, 7) is 1.89. The average Bonchev–Trinajstić information content (AvgIpc) is 3.05. The van der Waals surface area contributed by atoms with Gasteiger partial charge in [-0.2, -0.15) is 0 Å². The summed E-state index contributed by atoms with van der Waals surface area (Å²) in [7, 11) is 0. The van der Waals surface area contributed by atoms with Crippen LogP contribution in [0.1, 0.15) is 12.5 Å². The van der Waals surface area contributed by atoms with Gasteiger partial charge >= 0.3 is 0 Å². The zero-order valence-corrected chi connectivity index (χ0v) is 19.9. The molecule has 11 heteroatoms. The van der Waals surface area contributed by atoms with Gasteiger partial charge in [0.15, 0.2) is 11.0 Å². The molecular weight excluding hydrogens is 503 g/mol. The summed E-state index contributed by atoms with van der Waals surface area (Å²) < 4.78 is 10.8. The molecule has 8 nitrogen and oxygen atoms in total. The van der Waals surface area contributed by atoms with Gasteiger partial charge < -0.3 is 14.5 Å². The van der Waals surface area contributed by atoms with Crippen LogP contribution in [0.2, 0.25) is 10.0 Å². The van der Waals surface area contributed by atoms with Crippen LogP contribution in [0.5, 0.6) is 5.75 Å². The van der Waals surface area contributed by atoms with E-state index in [2.05, 4.69) is 5.32 Å². The maximum atomic E-state index is 12.8. The molecule has 1 aromatic heterocycles. The number of nitrogens with one attached hydrogen (secondary N) is 1. The SMILES string of the molecule is CCOc1ccc(NC(=O)CN2C(=O)S/C(=C\c3coc4c(Cl)cc(Cl)cc4c3=O)C2=O)cc1. The number of ether oxygens (including phenoxy) is 1. The number of anilines is 1. The molecule has 0 unspecified atom stereocenters. The minimum atomic E-state index is -0.694. The number of benzene rings is 2. The Labute approximate surface area is 207 Å². The van der Waals surface area contributed by atoms with E-state index in [9.17, 15) is 19.2 Å². The van der Waals surface area contributed by atoms with E-state index in [0.29, 0.717) is 29.8 Å². The van der Waals surface area contributed by atoms with E-state index in [1.165, 1.54) is 18.2 Å². The Hall–Kier alpha value is -3.27. The van der Waals surface area contributed by atoms with Crippen molar-refractivity contribution in [3.05, 3.63) is 73.4 Å². The summed E-state index contributed by atoms with van der Waals surface area (Å²) in [4.78, 5) is 51.1. The summed E-state index contributed by atoms with van der Waals surface area (Å²) in [5.74, 6) is -0.595. The minimum absolute atomic E-state index is 0.0151. The third-order valence-corrected chi connectivity index (χ3v) is 6.14. The first-order chi connectivity index (χ1) is 16.3. The lowest BCUT2D eigenvalue weighted by molar-refractivity contribution is -0.127. The van der Waals surface area contributed by atoms with E-state index in [-0.39, 0.29) is 31.5 Å². The van der Waals surface area contributed by atoms with E-state index in [1.807, 2.05) is 6.92 Å². The fourth-order valence-corrected chi connectivity index (χ4v) is 4.57. The van der Waals surface area contributed by atoms with Gasteiger partial charge in [0.05, 0.1) is 27.5 Å².